The van der Waals surface area contributed by atoms with Crippen molar-refractivity contribution in [3.63, 3.8) is 0 Å². The highest BCUT2D eigenvalue weighted by Gasteiger charge is 2.30. The van der Waals surface area contributed by atoms with E-state index in [1.807, 2.05) is 0 Å². The number of nitrogens with zero attached hydrogens (tertiary/aromatic N) is 3. The number of hydrogen-bond acceptors (Lipinski definition) is 3. The molecule has 4 heteroatoms. The first-order chi connectivity index (χ1) is 13.4. The van der Waals surface area contributed by atoms with E-state index in [9.17, 15) is 0 Å². The van der Waals surface area contributed by atoms with Crippen LogP contribution in [0, 0.1) is 0 Å². The van der Waals surface area contributed by atoms with Gasteiger partial charge in [0, 0.05) is 11.7 Å². The molecular formula is C23H21N3S. The van der Waals surface area contributed by atoms with E-state index in [1.54, 1.807) is 11.8 Å². The van der Waals surface area contributed by atoms with Crippen molar-refractivity contribution in [2.45, 2.75) is 36.2 Å². The predicted octanol–water partition coefficient (Wildman–Crippen LogP) is 5.65. The Morgan fingerprint density at radius 3 is 2.48 bits per heavy atom. The lowest BCUT2D eigenvalue weighted by Crippen LogP contribution is -2.06. The van der Waals surface area contributed by atoms with E-state index < -0.39 is 0 Å². The summed E-state index contributed by atoms with van der Waals surface area (Å²) in [4.78, 5) is 0. The molecule has 0 aliphatic heterocycles. The summed E-state index contributed by atoms with van der Waals surface area (Å²) in [6, 6.07) is 25.7. The molecule has 4 aromatic rings. The minimum atomic E-state index is 0.591. The fourth-order valence-electron chi connectivity index (χ4n) is 3.53. The third-order valence-electron chi connectivity index (χ3n) is 5.11. The fraction of sp³-hybridized carbons (Fsp3) is 0.217. The van der Waals surface area contributed by atoms with E-state index in [2.05, 4.69) is 87.6 Å². The highest BCUT2D eigenvalue weighted by atomic mass is 32.2. The van der Waals surface area contributed by atoms with E-state index in [4.69, 9.17) is 0 Å². The normalized spacial score (nSPS) is 13.9. The zero-order valence-corrected chi connectivity index (χ0v) is 15.9. The first-order valence-corrected chi connectivity index (χ1v) is 10.4. The van der Waals surface area contributed by atoms with Crippen LogP contribution in [0.3, 0.4) is 0 Å². The molecule has 1 fully saturated rings. The summed E-state index contributed by atoms with van der Waals surface area (Å²) in [6.07, 6.45) is 2.47. The van der Waals surface area contributed by atoms with Gasteiger partial charge in [-0.2, -0.15) is 0 Å². The van der Waals surface area contributed by atoms with Gasteiger partial charge in [0.25, 0.3) is 0 Å². The summed E-state index contributed by atoms with van der Waals surface area (Å²) < 4.78 is 2.32. The van der Waals surface area contributed by atoms with Gasteiger partial charge in [-0.05, 0) is 34.7 Å². The third-order valence-corrected chi connectivity index (χ3v) is 6.12. The maximum Gasteiger partial charge on any atom is 0.191 e. The molecule has 0 saturated heterocycles. The van der Waals surface area contributed by atoms with E-state index >= 15 is 0 Å². The summed E-state index contributed by atoms with van der Waals surface area (Å²) in [5, 5.41) is 12.7. The number of benzene rings is 3. The van der Waals surface area contributed by atoms with Crippen LogP contribution in [-0.4, -0.2) is 14.8 Å². The molecule has 1 heterocycles. The van der Waals surface area contributed by atoms with Gasteiger partial charge in [0.2, 0.25) is 0 Å². The van der Waals surface area contributed by atoms with Gasteiger partial charge in [-0.25, -0.2) is 0 Å². The van der Waals surface area contributed by atoms with Gasteiger partial charge in [-0.3, -0.25) is 0 Å². The molecule has 1 saturated carbocycles. The number of hydrogen-bond donors (Lipinski definition) is 0. The molecular weight excluding hydrogens is 350 g/mol. The van der Waals surface area contributed by atoms with Crippen molar-refractivity contribution in [1.29, 1.82) is 0 Å². The van der Waals surface area contributed by atoms with Crippen molar-refractivity contribution in [2.24, 2.45) is 0 Å². The molecule has 3 aromatic carbocycles. The molecule has 0 radical (unpaired) electrons. The maximum atomic E-state index is 4.54. The van der Waals surface area contributed by atoms with Crippen LogP contribution in [0.15, 0.2) is 78.0 Å². The van der Waals surface area contributed by atoms with Crippen LogP contribution in [0.2, 0.25) is 0 Å². The Hall–Kier alpha value is -2.59. The van der Waals surface area contributed by atoms with E-state index in [-0.39, 0.29) is 0 Å². The maximum absolute atomic E-state index is 4.54. The van der Waals surface area contributed by atoms with Crippen LogP contribution in [0.1, 0.15) is 35.7 Å². The van der Waals surface area contributed by atoms with Gasteiger partial charge < -0.3 is 4.57 Å². The van der Waals surface area contributed by atoms with Gasteiger partial charge in [-0.15, -0.1) is 10.2 Å². The SMILES string of the molecule is c1ccc(Cn2c(SCc3cccc4ccccc34)nnc2C2CC2)cc1. The van der Waals surface area contributed by atoms with E-state index in [1.165, 1.54) is 34.7 Å². The Labute approximate surface area is 163 Å². The molecule has 0 bridgehead atoms. The van der Waals surface area contributed by atoms with Crippen molar-refractivity contribution in [2.75, 3.05) is 0 Å². The van der Waals surface area contributed by atoms with Gasteiger partial charge >= 0.3 is 0 Å². The van der Waals surface area contributed by atoms with Crippen molar-refractivity contribution >= 4 is 22.5 Å². The highest BCUT2D eigenvalue weighted by molar-refractivity contribution is 7.98. The van der Waals surface area contributed by atoms with Crippen molar-refractivity contribution in [3.05, 3.63) is 89.7 Å². The summed E-state index contributed by atoms with van der Waals surface area (Å²) in [6.45, 7) is 0.845. The second-order valence-electron chi connectivity index (χ2n) is 7.11. The zero-order chi connectivity index (χ0) is 18.1. The van der Waals surface area contributed by atoms with Gasteiger partial charge in [0.1, 0.15) is 5.82 Å². The number of thioether (sulfide) groups is 1. The molecule has 1 aliphatic carbocycles. The second-order valence-corrected chi connectivity index (χ2v) is 8.06. The van der Waals surface area contributed by atoms with Crippen molar-refractivity contribution in [3.8, 4) is 0 Å². The predicted molar refractivity (Wildman–Crippen MR) is 111 cm³/mol. The molecule has 5 rings (SSSR count). The van der Waals surface area contributed by atoms with E-state index in [0.29, 0.717) is 5.92 Å². The Kier molecular flexibility index (Phi) is 4.42. The smallest absolute Gasteiger partial charge is 0.191 e. The average molecular weight is 372 g/mol. The Morgan fingerprint density at radius 1 is 0.852 bits per heavy atom. The molecule has 0 unspecified atom stereocenters. The highest BCUT2D eigenvalue weighted by Crippen LogP contribution is 2.40. The molecule has 1 aromatic heterocycles. The largest absolute Gasteiger partial charge is 0.301 e. The topological polar surface area (TPSA) is 30.7 Å². The van der Waals surface area contributed by atoms with Crippen LogP contribution in [-0.2, 0) is 12.3 Å². The standard InChI is InChI=1S/C23H21N3S/c1-2-7-17(8-3-1)15-26-22(19-13-14-19)24-25-23(26)27-16-20-11-6-10-18-9-4-5-12-21(18)20/h1-12,19H,13-16H2. The molecule has 3 nitrogen and oxygen atoms in total. The van der Waals surface area contributed by atoms with Crippen LogP contribution in [0.5, 0.6) is 0 Å². The van der Waals surface area contributed by atoms with E-state index in [0.717, 1.165) is 23.3 Å². The lowest BCUT2D eigenvalue weighted by molar-refractivity contribution is 0.667. The molecule has 0 amide bonds. The third kappa shape index (κ3) is 3.50. The molecule has 1 aliphatic rings. The summed E-state index contributed by atoms with van der Waals surface area (Å²) in [7, 11) is 0. The molecule has 0 N–H and O–H groups in total. The summed E-state index contributed by atoms with van der Waals surface area (Å²) in [5.74, 6) is 2.64. The lowest BCUT2D eigenvalue weighted by Gasteiger charge is -2.11. The number of rotatable bonds is 6. The van der Waals surface area contributed by atoms with Gasteiger partial charge in [0.05, 0.1) is 6.54 Å². The minimum absolute atomic E-state index is 0.591. The Balaban J connectivity index is 1.43. The average Bonchev–Trinajstić information content (AvgIpc) is 3.49. The van der Waals surface area contributed by atoms with Gasteiger partial charge in [0.15, 0.2) is 5.16 Å². The first-order valence-electron chi connectivity index (χ1n) is 9.45. The zero-order valence-electron chi connectivity index (χ0n) is 15.1. The van der Waals surface area contributed by atoms with Crippen molar-refractivity contribution in [1.82, 2.24) is 14.8 Å². The number of fused-ring (bicyclic) bond motifs is 1. The molecule has 27 heavy (non-hydrogen) atoms. The summed E-state index contributed by atoms with van der Waals surface area (Å²) >= 11 is 1.79. The van der Waals surface area contributed by atoms with Crippen LogP contribution < -0.4 is 0 Å². The molecule has 0 spiro atoms. The molecule has 134 valence electrons. The van der Waals surface area contributed by atoms with Crippen molar-refractivity contribution < 1.29 is 0 Å². The second kappa shape index (κ2) is 7.20. The van der Waals surface area contributed by atoms with Crippen LogP contribution >= 0.6 is 11.8 Å². The first kappa shape index (κ1) is 16.6. The lowest BCUT2D eigenvalue weighted by atomic mass is 10.1. The van der Waals surface area contributed by atoms with Crippen LogP contribution in [0.25, 0.3) is 10.8 Å². The Morgan fingerprint density at radius 2 is 1.63 bits per heavy atom. The van der Waals surface area contributed by atoms with Gasteiger partial charge in [-0.1, -0.05) is 84.6 Å². The van der Waals surface area contributed by atoms with Crippen LogP contribution in [0.4, 0.5) is 0 Å². The number of aromatic nitrogens is 3. The monoisotopic (exact) mass is 371 g/mol. The summed E-state index contributed by atoms with van der Waals surface area (Å²) in [5.41, 5.74) is 2.64. The molecule has 0 atom stereocenters. The quantitative estimate of drug-likeness (QED) is 0.410. The minimum Gasteiger partial charge on any atom is -0.301 e. The fourth-order valence-corrected chi connectivity index (χ4v) is 4.47. The Bertz CT molecular complexity index is 1060.